The highest BCUT2D eigenvalue weighted by Crippen LogP contribution is 2.09. The molecular weight excluding hydrogens is 141 g/mol. The van der Waals surface area contributed by atoms with Gasteiger partial charge in [-0.05, 0) is 17.7 Å². The average molecular weight is 149 g/mol. The molecule has 1 nitrogen and oxygen atoms in total. The van der Waals surface area contributed by atoms with Crippen molar-refractivity contribution < 1.29 is 4.39 Å². The third kappa shape index (κ3) is 1.79. The van der Waals surface area contributed by atoms with Gasteiger partial charge in [0.15, 0.2) is 0 Å². The Morgan fingerprint density at radius 3 is 2.82 bits per heavy atom. The third-order valence-electron chi connectivity index (χ3n) is 1.39. The van der Waals surface area contributed by atoms with E-state index >= 15 is 0 Å². The first-order valence-corrected chi connectivity index (χ1v) is 3.21. The highest BCUT2D eigenvalue weighted by Gasteiger charge is 2.01. The Morgan fingerprint density at radius 2 is 2.27 bits per heavy atom. The lowest BCUT2D eigenvalue weighted by atomic mass is 10.1. The molecule has 0 amide bonds. The zero-order chi connectivity index (χ0) is 8.27. The van der Waals surface area contributed by atoms with Crippen molar-refractivity contribution in [1.29, 1.82) is 0 Å². The van der Waals surface area contributed by atoms with Gasteiger partial charge in [0.2, 0.25) is 0 Å². The summed E-state index contributed by atoms with van der Waals surface area (Å²) in [5.74, 6) is 2.01. The number of halogens is 1. The topological polar surface area (TPSA) is 26.0 Å². The van der Waals surface area contributed by atoms with Crippen molar-refractivity contribution in [1.82, 2.24) is 0 Å². The molecule has 2 N–H and O–H groups in total. The van der Waals surface area contributed by atoms with Gasteiger partial charge < -0.3 is 5.73 Å². The van der Waals surface area contributed by atoms with Crippen LogP contribution in [0.15, 0.2) is 24.3 Å². The van der Waals surface area contributed by atoms with Crippen molar-refractivity contribution in [3.63, 3.8) is 0 Å². The smallest absolute Gasteiger partial charge is 0.123 e. The molecule has 1 rings (SSSR count). The summed E-state index contributed by atoms with van der Waals surface area (Å²) in [6, 6.07) is 5.47. The molecule has 1 atom stereocenters. The van der Waals surface area contributed by atoms with E-state index in [-0.39, 0.29) is 5.82 Å². The van der Waals surface area contributed by atoms with Crippen molar-refractivity contribution >= 4 is 0 Å². The van der Waals surface area contributed by atoms with E-state index in [1.165, 1.54) is 12.1 Å². The number of rotatable bonds is 1. The molecule has 0 saturated carbocycles. The van der Waals surface area contributed by atoms with Crippen LogP contribution in [0.5, 0.6) is 0 Å². The van der Waals surface area contributed by atoms with Crippen molar-refractivity contribution in [2.75, 3.05) is 0 Å². The van der Waals surface area contributed by atoms with Crippen LogP contribution in [0.4, 0.5) is 4.39 Å². The van der Waals surface area contributed by atoms with Gasteiger partial charge in [-0.2, -0.15) is 0 Å². The summed E-state index contributed by atoms with van der Waals surface area (Å²) in [4.78, 5) is 0. The van der Waals surface area contributed by atoms with E-state index in [4.69, 9.17) is 12.2 Å². The lowest BCUT2D eigenvalue weighted by Gasteiger charge is -2.02. The normalized spacial score (nSPS) is 12.1. The average Bonchev–Trinajstić information content (AvgIpc) is 2.03. The SMILES string of the molecule is C#C[C@H](N)c1cccc(F)c1. The molecule has 0 bridgehead atoms. The predicted molar refractivity (Wildman–Crippen MR) is 42.2 cm³/mol. The summed E-state index contributed by atoms with van der Waals surface area (Å²) in [6.07, 6.45) is 5.06. The molecule has 56 valence electrons. The zero-order valence-electron chi connectivity index (χ0n) is 5.92. The van der Waals surface area contributed by atoms with Crippen LogP contribution in [-0.4, -0.2) is 0 Å². The Morgan fingerprint density at radius 1 is 1.55 bits per heavy atom. The van der Waals surface area contributed by atoms with Gasteiger partial charge in [0.05, 0.1) is 6.04 Å². The van der Waals surface area contributed by atoms with Crippen LogP contribution in [0, 0.1) is 18.2 Å². The third-order valence-corrected chi connectivity index (χ3v) is 1.39. The minimum Gasteiger partial charge on any atom is -0.314 e. The fraction of sp³-hybridized carbons (Fsp3) is 0.111. The van der Waals surface area contributed by atoms with Crippen LogP contribution < -0.4 is 5.73 Å². The highest BCUT2D eigenvalue weighted by atomic mass is 19.1. The molecule has 11 heavy (non-hydrogen) atoms. The van der Waals surface area contributed by atoms with Crippen molar-refractivity contribution in [2.24, 2.45) is 5.73 Å². The Hall–Kier alpha value is -1.33. The molecule has 0 spiro atoms. The molecule has 0 aromatic heterocycles. The van der Waals surface area contributed by atoms with Crippen LogP contribution >= 0.6 is 0 Å². The van der Waals surface area contributed by atoms with Crippen LogP contribution in [-0.2, 0) is 0 Å². The number of hydrogen-bond donors (Lipinski definition) is 1. The number of nitrogens with two attached hydrogens (primary N) is 1. The number of hydrogen-bond acceptors (Lipinski definition) is 1. The number of terminal acetylenes is 1. The van der Waals surface area contributed by atoms with Crippen LogP contribution in [0.3, 0.4) is 0 Å². The Balaban J connectivity index is 2.98. The van der Waals surface area contributed by atoms with Crippen molar-refractivity contribution in [2.45, 2.75) is 6.04 Å². The molecule has 2 heteroatoms. The largest absolute Gasteiger partial charge is 0.314 e. The molecule has 0 saturated heterocycles. The van der Waals surface area contributed by atoms with Gasteiger partial charge in [-0.25, -0.2) is 4.39 Å². The van der Waals surface area contributed by atoms with E-state index in [1.54, 1.807) is 12.1 Å². The highest BCUT2D eigenvalue weighted by molar-refractivity contribution is 5.25. The maximum absolute atomic E-state index is 12.5. The summed E-state index contributed by atoms with van der Waals surface area (Å²) in [7, 11) is 0. The van der Waals surface area contributed by atoms with Gasteiger partial charge in [-0.1, -0.05) is 18.1 Å². The monoisotopic (exact) mass is 149 g/mol. The molecule has 0 aliphatic rings. The molecule has 1 aromatic rings. The Kier molecular flexibility index (Phi) is 2.25. The quantitative estimate of drug-likeness (QED) is 0.601. The van der Waals surface area contributed by atoms with Gasteiger partial charge in [0, 0.05) is 0 Å². The van der Waals surface area contributed by atoms with E-state index in [1.807, 2.05) is 0 Å². The van der Waals surface area contributed by atoms with E-state index in [2.05, 4.69) is 5.92 Å². The van der Waals surface area contributed by atoms with E-state index < -0.39 is 6.04 Å². The van der Waals surface area contributed by atoms with E-state index in [9.17, 15) is 4.39 Å². The van der Waals surface area contributed by atoms with Gasteiger partial charge in [-0.3, -0.25) is 0 Å². The van der Waals surface area contributed by atoms with Gasteiger partial charge >= 0.3 is 0 Å². The van der Waals surface area contributed by atoms with Gasteiger partial charge in [0.1, 0.15) is 5.82 Å². The maximum atomic E-state index is 12.5. The Labute approximate surface area is 65.0 Å². The van der Waals surface area contributed by atoms with Crippen molar-refractivity contribution in [3.05, 3.63) is 35.6 Å². The van der Waals surface area contributed by atoms with Gasteiger partial charge in [0.25, 0.3) is 0 Å². The zero-order valence-corrected chi connectivity index (χ0v) is 5.92. The van der Waals surface area contributed by atoms with Crippen LogP contribution in [0.2, 0.25) is 0 Å². The summed E-state index contributed by atoms with van der Waals surface area (Å²) < 4.78 is 12.5. The molecular formula is C9H8FN. The number of benzene rings is 1. The molecule has 0 aliphatic heterocycles. The summed E-state index contributed by atoms with van der Waals surface area (Å²) in [6.45, 7) is 0. The Bertz CT molecular complexity index is 288. The van der Waals surface area contributed by atoms with Crippen molar-refractivity contribution in [3.8, 4) is 12.3 Å². The minimum atomic E-state index is -0.509. The lowest BCUT2D eigenvalue weighted by Crippen LogP contribution is -2.06. The maximum Gasteiger partial charge on any atom is 0.123 e. The first-order valence-electron chi connectivity index (χ1n) is 3.21. The summed E-state index contributed by atoms with van der Waals surface area (Å²) in [5.41, 5.74) is 6.09. The lowest BCUT2D eigenvalue weighted by molar-refractivity contribution is 0.624. The molecule has 0 heterocycles. The first kappa shape index (κ1) is 7.77. The molecule has 0 aliphatic carbocycles. The van der Waals surface area contributed by atoms with Gasteiger partial charge in [-0.15, -0.1) is 6.42 Å². The predicted octanol–water partition coefficient (Wildman–Crippen LogP) is 1.46. The van der Waals surface area contributed by atoms with E-state index in [0.29, 0.717) is 5.56 Å². The second-order valence-electron chi connectivity index (χ2n) is 2.20. The molecule has 1 aromatic carbocycles. The molecule has 0 radical (unpaired) electrons. The summed E-state index contributed by atoms with van der Waals surface area (Å²) in [5, 5.41) is 0. The van der Waals surface area contributed by atoms with E-state index in [0.717, 1.165) is 0 Å². The second kappa shape index (κ2) is 3.18. The summed E-state index contributed by atoms with van der Waals surface area (Å²) >= 11 is 0. The van der Waals surface area contributed by atoms with Crippen LogP contribution in [0.25, 0.3) is 0 Å². The van der Waals surface area contributed by atoms with Crippen LogP contribution in [0.1, 0.15) is 11.6 Å². The minimum absolute atomic E-state index is 0.312. The standard InChI is InChI=1S/C9H8FN/c1-2-9(11)7-4-3-5-8(10)6-7/h1,3-6,9H,11H2/t9-/m0/s1. The first-order chi connectivity index (χ1) is 5.24. The second-order valence-corrected chi connectivity index (χ2v) is 2.20. The fourth-order valence-corrected chi connectivity index (χ4v) is 0.796. The fourth-order valence-electron chi connectivity index (χ4n) is 0.796. The molecule has 0 fully saturated rings. The molecule has 0 unspecified atom stereocenters.